The van der Waals surface area contributed by atoms with E-state index in [1.165, 1.54) is 4.88 Å². The van der Waals surface area contributed by atoms with E-state index in [4.69, 9.17) is 0 Å². The lowest BCUT2D eigenvalue weighted by Crippen LogP contribution is -2.25. The second-order valence-electron chi connectivity index (χ2n) is 5.44. The van der Waals surface area contributed by atoms with Gasteiger partial charge in [-0.3, -0.25) is 0 Å². The molecule has 0 bridgehead atoms. The molecule has 0 radical (unpaired) electrons. The van der Waals surface area contributed by atoms with Crippen LogP contribution in [-0.2, 0) is 9.84 Å². The van der Waals surface area contributed by atoms with Crippen LogP contribution in [0, 0.1) is 13.8 Å². The Morgan fingerprint density at radius 3 is 2.71 bits per heavy atom. The molecule has 112 valence electrons. The minimum absolute atomic E-state index is 0.0857. The monoisotopic (exact) mass is 322 g/mol. The van der Waals surface area contributed by atoms with Crippen molar-refractivity contribution in [3.05, 3.63) is 45.4 Å². The molecule has 2 heterocycles. The van der Waals surface area contributed by atoms with E-state index in [0.29, 0.717) is 4.90 Å². The Bertz CT molecular complexity index is 781. The molecular weight excluding hydrogens is 304 g/mol. The standard InChI is InChI=1S/C15H18N2O2S2/c1-9-15(20-11(3)16-9)10(2)17-13-8-21(18,19)14-7-5-4-6-12(13)14/h4-7,10,13,17H,8H2,1-3H3. The first-order chi connectivity index (χ1) is 9.88. The number of hydrogen-bond donors (Lipinski definition) is 1. The Kier molecular flexibility index (Phi) is 3.63. The maximum absolute atomic E-state index is 12.2. The zero-order chi connectivity index (χ0) is 15.2. The molecule has 0 aliphatic carbocycles. The van der Waals surface area contributed by atoms with E-state index in [2.05, 4.69) is 17.2 Å². The minimum Gasteiger partial charge on any atom is -0.302 e. The zero-order valence-electron chi connectivity index (χ0n) is 12.3. The minimum atomic E-state index is -3.16. The van der Waals surface area contributed by atoms with Gasteiger partial charge in [0.25, 0.3) is 0 Å². The van der Waals surface area contributed by atoms with Crippen LogP contribution >= 0.6 is 11.3 Å². The van der Waals surface area contributed by atoms with Crippen molar-refractivity contribution in [2.24, 2.45) is 0 Å². The Labute approximate surface area is 129 Å². The molecule has 0 saturated heterocycles. The van der Waals surface area contributed by atoms with E-state index >= 15 is 0 Å². The van der Waals surface area contributed by atoms with Gasteiger partial charge in [-0.05, 0) is 32.4 Å². The molecular formula is C15H18N2O2S2. The molecule has 1 N–H and O–H groups in total. The fourth-order valence-corrected chi connectivity index (χ4v) is 5.60. The maximum atomic E-state index is 12.2. The van der Waals surface area contributed by atoms with Crippen LogP contribution in [0.3, 0.4) is 0 Å². The molecule has 4 nitrogen and oxygen atoms in total. The lowest BCUT2D eigenvalue weighted by molar-refractivity contribution is 0.500. The van der Waals surface area contributed by atoms with Crippen LogP contribution < -0.4 is 5.32 Å². The van der Waals surface area contributed by atoms with Gasteiger partial charge in [-0.25, -0.2) is 13.4 Å². The van der Waals surface area contributed by atoms with Gasteiger partial charge in [0.2, 0.25) is 0 Å². The molecule has 2 unspecified atom stereocenters. The van der Waals surface area contributed by atoms with Crippen LogP contribution in [0.15, 0.2) is 29.2 Å². The fourth-order valence-electron chi connectivity index (χ4n) is 2.91. The van der Waals surface area contributed by atoms with Gasteiger partial charge >= 0.3 is 0 Å². The quantitative estimate of drug-likeness (QED) is 0.944. The molecule has 1 aliphatic rings. The number of fused-ring (bicyclic) bond motifs is 1. The Hall–Kier alpha value is -1.24. The Morgan fingerprint density at radius 2 is 2.05 bits per heavy atom. The summed E-state index contributed by atoms with van der Waals surface area (Å²) in [6.45, 7) is 6.05. The van der Waals surface area contributed by atoms with Gasteiger partial charge in [-0.15, -0.1) is 11.3 Å². The summed E-state index contributed by atoms with van der Waals surface area (Å²) in [5, 5.41) is 4.49. The van der Waals surface area contributed by atoms with Gasteiger partial charge in [-0.1, -0.05) is 18.2 Å². The zero-order valence-corrected chi connectivity index (χ0v) is 13.9. The summed E-state index contributed by atoms with van der Waals surface area (Å²) in [6, 6.07) is 7.19. The van der Waals surface area contributed by atoms with Crippen molar-refractivity contribution in [1.29, 1.82) is 0 Å². The molecule has 21 heavy (non-hydrogen) atoms. The van der Waals surface area contributed by atoms with E-state index in [0.717, 1.165) is 16.3 Å². The number of nitrogens with zero attached hydrogens (tertiary/aromatic N) is 1. The first kappa shape index (κ1) is 14.7. The summed E-state index contributed by atoms with van der Waals surface area (Å²) in [7, 11) is -3.16. The summed E-state index contributed by atoms with van der Waals surface area (Å²) < 4.78 is 24.4. The number of nitrogens with one attached hydrogen (secondary N) is 1. The van der Waals surface area contributed by atoms with E-state index in [1.54, 1.807) is 23.5 Å². The van der Waals surface area contributed by atoms with Crippen molar-refractivity contribution >= 4 is 21.2 Å². The second-order valence-corrected chi connectivity index (χ2v) is 8.68. The third-order valence-corrected chi connectivity index (χ3v) is 6.87. The van der Waals surface area contributed by atoms with Crippen molar-refractivity contribution in [1.82, 2.24) is 10.3 Å². The molecule has 0 amide bonds. The molecule has 0 saturated carbocycles. The van der Waals surface area contributed by atoms with Crippen LogP contribution in [0.1, 0.15) is 40.1 Å². The number of thiazole rings is 1. The smallest absolute Gasteiger partial charge is 0.180 e. The molecule has 2 aromatic rings. The molecule has 0 fully saturated rings. The van der Waals surface area contributed by atoms with E-state index in [1.807, 2.05) is 26.0 Å². The molecule has 2 atom stereocenters. The van der Waals surface area contributed by atoms with Crippen LogP contribution in [0.2, 0.25) is 0 Å². The molecule has 1 aromatic heterocycles. The van der Waals surface area contributed by atoms with Gasteiger partial charge < -0.3 is 5.32 Å². The number of sulfone groups is 1. The highest BCUT2D eigenvalue weighted by Gasteiger charge is 2.35. The van der Waals surface area contributed by atoms with Crippen LogP contribution in [0.5, 0.6) is 0 Å². The summed E-state index contributed by atoms with van der Waals surface area (Å²) in [6.07, 6.45) is 0. The highest BCUT2D eigenvalue weighted by molar-refractivity contribution is 7.91. The first-order valence-electron chi connectivity index (χ1n) is 6.90. The van der Waals surface area contributed by atoms with E-state index < -0.39 is 9.84 Å². The van der Waals surface area contributed by atoms with Crippen molar-refractivity contribution in [3.8, 4) is 0 Å². The average molecular weight is 322 g/mol. The van der Waals surface area contributed by atoms with Crippen molar-refractivity contribution in [3.63, 3.8) is 0 Å². The SMILES string of the molecule is Cc1nc(C)c(C(C)NC2CS(=O)(=O)c3ccccc32)s1. The van der Waals surface area contributed by atoms with E-state index in [9.17, 15) is 8.42 Å². The fraction of sp³-hybridized carbons (Fsp3) is 0.400. The first-order valence-corrected chi connectivity index (χ1v) is 9.37. The molecule has 1 aliphatic heterocycles. The number of benzene rings is 1. The van der Waals surface area contributed by atoms with E-state index in [-0.39, 0.29) is 17.8 Å². The number of aryl methyl sites for hydroxylation is 2. The third kappa shape index (κ3) is 2.63. The highest BCUT2D eigenvalue weighted by atomic mass is 32.2. The van der Waals surface area contributed by atoms with Crippen LogP contribution in [0.25, 0.3) is 0 Å². The summed E-state index contributed by atoms with van der Waals surface area (Å²) in [4.78, 5) is 6.08. The lowest BCUT2D eigenvalue weighted by atomic mass is 10.1. The highest BCUT2D eigenvalue weighted by Crippen LogP contribution is 2.35. The third-order valence-electron chi connectivity index (χ3n) is 3.80. The predicted octanol–water partition coefficient (Wildman–Crippen LogP) is 2.94. The normalized spacial score (nSPS) is 21.2. The number of rotatable bonds is 3. The van der Waals surface area contributed by atoms with Gasteiger partial charge in [0.1, 0.15) is 0 Å². The summed E-state index contributed by atoms with van der Waals surface area (Å²) >= 11 is 1.66. The molecule has 6 heteroatoms. The second kappa shape index (κ2) is 5.19. The Morgan fingerprint density at radius 1 is 1.33 bits per heavy atom. The van der Waals surface area contributed by atoms with Gasteiger partial charge in [0.05, 0.1) is 21.3 Å². The predicted molar refractivity (Wildman–Crippen MR) is 84.4 cm³/mol. The maximum Gasteiger partial charge on any atom is 0.180 e. The number of hydrogen-bond acceptors (Lipinski definition) is 5. The largest absolute Gasteiger partial charge is 0.302 e. The molecule has 3 rings (SSSR count). The van der Waals surface area contributed by atoms with Crippen molar-refractivity contribution < 1.29 is 8.42 Å². The van der Waals surface area contributed by atoms with Crippen molar-refractivity contribution in [2.45, 2.75) is 37.8 Å². The summed E-state index contributed by atoms with van der Waals surface area (Å²) in [5.41, 5.74) is 1.90. The van der Waals surface area contributed by atoms with Crippen LogP contribution in [0.4, 0.5) is 0 Å². The van der Waals surface area contributed by atoms with Crippen molar-refractivity contribution in [2.75, 3.05) is 5.75 Å². The molecule has 0 spiro atoms. The van der Waals surface area contributed by atoms with Crippen LogP contribution in [-0.4, -0.2) is 19.2 Å². The lowest BCUT2D eigenvalue weighted by Gasteiger charge is -2.18. The topological polar surface area (TPSA) is 59.1 Å². The number of aromatic nitrogens is 1. The average Bonchev–Trinajstić information content (AvgIpc) is 2.88. The summed E-state index contributed by atoms with van der Waals surface area (Å²) in [5.74, 6) is 0.132. The van der Waals surface area contributed by atoms with Gasteiger partial charge in [-0.2, -0.15) is 0 Å². The Balaban J connectivity index is 1.88. The van der Waals surface area contributed by atoms with Gasteiger partial charge in [0.15, 0.2) is 9.84 Å². The van der Waals surface area contributed by atoms with Gasteiger partial charge in [0, 0.05) is 17.0 Å². The molecule has 1 aromatic carbocycles.